The number of carbonyl (C=O) groups is 1. The molecule has 0 unspecified atom stereocenters. The average Bonchev–Trinajstić information content (AvgIpc) is 2.90. The van der Waals surface area contributed by atoms with E-state index in [1.165, 1.54) is 45.3 Å². The average molecular weight is 473 g/mol. The van der Waals surface area contributed by atoms with Crippen LogP contribution in [0.15, 0.2) is 28.7 Å². The lowest BCUT2D eigenvalue weighted by Crippen LogP contribution is -2.42. The third-order valence-electron chi connectivity index (χ3n) is 6.69. The molecule has 2 aliphatic heterocycles. The van der Waals surface area contributed by atoms with Crippen LogP contribution < -0.4 is 0 Å². The van der Waals surface area contributed by atoms with Gasteiger partial charge >= 0.3 is 0 Å². The number of benzene rings is 1. The second kappa shape index (κ2) is 9.65. The third-order valence-corrected chi connectivity index (χ3v) is 7.22. The maximum absolute atomic E-state index is 13.3. The zero-order valence-corrected chi connectivity index (χ0v) is 19.8. The molecule has 4 rings (SSSR count). The monoisotopic (exact) mass is 472 g/mol. The van der Waals surface area contributed by atoms with Crippen LogP contribution in [0.5, 0.6) is 0 Å². The minimum absolute atomic E-state index is 0.140. The summed E-state index contributed by atoms with van der Waals surface area (Å²) in [7, 11) is 0. The Bertz CT molecular complexity index is 860. The third kappa shape index (κ3) is 4.80. The summed E-state index contributed by atoms with van der Waals surface area (Å²) in [6.07, 6.45) is 7.69. The van der Waals surface area contributed by atoms with E-state index < -0.39 is 0 Å². The van der Waals surface area contributed by atoms with E-state index in [0.29, 0.717) is 0 Å². The smallest absolute Gasteiger partial charge is 0.257 e. The maximum atomic E-state index is 13.3. The minimum Gasteiger partial charge on any atom is -0.339 e. The maximum Gasteiger partial charge on any atom is 0.257 e. The Hall–Kier alpha value is -1.66. The van der Waals surface area contributed by atoms with Gasteiger partial charge in [0.15, 0.2) is 0 Å². The fourth-order valence-corrected chi connectivity index (χ4v) is 5.21. The van der Waals surface area contributed by atoms with Crippen LogP contribution in [0.3, 0.4) is 0 Å². The molecule has 1 amide bonds. The van der Waals surface area contributed by atoms with E-state index in [2.05, 4.69) is 25.9 Å². The Balaban J connectivity index is 1.40. The van der Waals surface area contributed by atoms with Gasteiger partial charge in [0.25, 0.3) is 5.91 Å². The number of aromatic nitrogens is 2. The van der Waals surface area contributed by atoms with Gasteiger partial charge in [0.1, 0.15) is 0 Å². The fraction of sp³-hybridized carbons (Fsp3) is 0.583. The van der Waals surface area contributed by atoms with E-state index in [4.69, 9.17) is 0 Å². The minimum atomic E-state index is 0.140. The number of halogens is 1. The summed E-state index contributed by atoms with van der Waals surface area (Å²) in [6, 6.07) is 8.04. The molecule has 0 spiro atoms. The number of piperidine rings is 1. The van der Waals surface area contributed by atoms with Gasteiger partial charge in [-0.05, 0) is 82.8 Å². The quantitative estimate of drug-likeness (QED) is 0.629. The zero-order valence-electron chi connectivity index (χ0n) is 18.2. The first-order valence-corrected chi connectivity index (χ1v) is 12.2. The largest absolute Gasteiger partial charge is 0.339 e. The van der Waals surface area contributed by atoms with E-state index >= 15 is 0 Å². The predicted molar refractivity (Wildman–Crippen MR) is 124 cm³/mol. The molecule has 0 N–H and O–H groups in total. The number of rotatable bonds is 4. The first-order valence-electron chi connectivity index (χ1n) is 11.4. The Labute approximate surface area is 188 Å². The van der Waals surface area contributed by atoms with Gasteiger partial charge in [-0.15, -0.1) is 0 Å². The highest BCUT2D eigenvalue weighted by Gasteiger charge is 2.28. The number of carbonyl (C=O) groups excluding carboxylic acids is 1. The number of hydrogen-bond donors (Lipinski definition) is 0. The van der Waals surface area contributed by atoms with Gasteiger partial charge < -0.3 is 9.80 Å². The van der Waals surface area contributed by atoms with Crippen molar-refractivity contribution >= 4 is 21.8 Å². The molecule has 162 valence electrons. The Morgan fingerprint density at radius 3 is 2.27 bits per heavy atom. The number of nitrogens with zero attached hydrogens (tertiary/aromatic N) is 4. The Kier molecular flexibility index (Phi) is 6.94. The molecule has 6 heteroatoms. The molecule has 0 atom stereocenters. The van der Waals surface area contributed by atoms with Crippen LogP contribution >= 0.6 is 15.9 Å². The van der Waals surface area contributed by atoms with Crippen LogP contribution in [0.25, 0.3) is 5.69 Å². The van der Waals surface area contributed by atoms with Gasteiger partial charge in [-0.1, -0.05) is 28.8 Å². The molecule has 30 heavy (non-hydrogen) atoms. The van der Waals surface area contributed by atoms with Gasteiger partial charge in [0.2, 0.25) is 0 Å². The molecule has 0 saturated carbocycles. The van der Waals surface area contributed by atoms with Gasteiger partial charge in [0.05, 0.1) is 22.6 Å². The van der Waals surface area contributed by atoms with Crippen molar-refractivity contribution in [2.45, 2.75) is 52.4 Å². The molecule has 2 fully saturated rings. The highest BCUT2D eigenvalue weighted by molar-refractivity contribution is 9.10. The molecular weight excluding hydrogens is 440 g/mol. The van der Waals surface area contributed by atoms with Crippen molar-refractivity contribution in [1.29, 1.82) is 0 Å². The molecule has 2 aromatic rings. The SMILES string of the molecule is Cc1nn(-c2ccc(Br)cc2)c(C)c1C(=O)N1CCC(CN2CCCCCC2)CC1. The number of hydrogen-bond acceptors (Lipinski definition) is 3. The van der Waals surface area contributed by atoms with Crippen molar-refractivity contribution in [3.05, 3.63) is 45.7 Å². The van der Waals surface area contributed by atoms with E-state index in [9.17, 15) is 4.79 Å². The van der Waals surface area contributed by atoms with Crippen molar-refractivity contribution in [3.8, 4) is 5.69 Å². The number of likely N-dealkylation sites (tertiary alicyclic amines) is 2. The molecule has 5 nitrogen and oxygen atoms in total. The lowest BCUT2D eigenvalue weighted by Gasteiger charge is -2.34. The van der Waals surface area contributed by atoms with E-state index in [-0.39, 0.29) is 5.91 Å². The molecule has 1 aromatic heterocycles. The standard InChI is InChI=1S/C24H33BrN4O/c1-18-23(19(2)29(26-18)22-9-7-21(25)8-10-22)24(30)28-15-11-20(12-16-28)17-27-13-5-3-4-6-14-27/h7-10,20H,3-6,11-17H2,1-2H3. The van der Waals surface area contributed by atoms with E-state index in [0.717, 1.165) is 59.0 Å². The first-order chi connectivity index (χ1) is 14.5. The lowest BCUT2D eigenvalue weighted by molar-refractivity contribution is 0.0666. The summed E-state index contributed by atoms with van der Waals surface area (Å²) in [5.74, 6) is 0.862. The molecule has 2 saturated heterocycles. The summed E-state index contributed by atoms with van der Waals surface area (Å²) < 4.78 is 2.92. The highest BCUT2D eigenvalue weighted by Crippen LogP contribution is 2.25. The Morgan fingerprint density at radius 1 is 1.00 bits per heavy atom. The first kappa shape index (κ1) is 21.6. The molecule has 1 aromatic carbocycles. The van der Waals surface area contributed by atoms with Crippen LogP contribution in [0.2, 0.25) is 0 Å². The molecule has 3 heterocycles. The second-order valence-electron chi connectivity index (χ2n) is 8.88. The van der Waals surface area contributed by atoms with Crippen LogP contribution in [-0.2, 0) is 0 Å². The van der Waals surface area contributed by atoms with Crippen LogP contribution in [0.1, 0.15) is 60.3 Å². The number of aryl methyl sites for hydroxylation is 1. The van der Waals surface area contributed by atoms with Crippen LogP contribution in [-0.4, -0.2) is 58.2 Å². The topological polar surface area (TPSA) is 41.4 Å². The molecule has 0 bridgehead atoms. The predicted octanol–water partition coefficient (Wildman–Crippen LogP) is 4.98. The van der Waals surface area contributed by atoms with Crippen LogP contribution in [0, 0.1) is 19.8 Å². The molecule has 0 radical (unpaired) electrons. The van der Waals surface area contributed by atoms with Gasteiger partial charge in [-0.3, -0.25) is 4.79 Å². The van der Waals surface area contributed by atoms with Crippen molar-refractivity contribution in [2.75, 3.05) is 32.7 Å². The number of amides is 1. The van der Waals surface area contributed by atoms with Crippen molar-refractivity contribution in [3.63, 3.8) is 0 Å². The van der Waals surface area contributed by atoms with E-state index in [1.54, 1.807) is 0 Å². The normalized spacial score (nSPS) is 19.1. The fourth-order valence-electron chi connectivity index (χ4n) is 4.95. The van der Waals surface area contributed by atoms with Gasteiger partial charge in [0, 0.05) is 24.1 Å². The Morgan fingerprint density at radius 2 is 1.63 bits per heavy atom. The van der Waals surface area contributed by atoms with E-state index in [1.807, 2.05) is 47.7 Å². The molecule has 0 aliphatic carbocycles. The van der Waals surface area contributed by atoms with Crippen molar-refractivity contribution in [1.82, 2.24) is 19.6 Å². The van der Waals surface area contributed by atoms with Crippen molar-refractivity contribution in [2.24, 2.45) is 5.92 Å². The summed E-state index contributed by atoms with van der Waals surface area (Å²) in [5.41, 5.74) is 3.48. The highest BCUT2D eigenvalue weighted by atomic mass is 79.9. The lowest BCUT2D eigenvalue weighted by atomic mass is 9.95. The van der Waals surface area contributed by atoms with Gasteiger partial charge in [-0.2, -0.15) is 5.10 Å². The summed E-state index contributed by atoms with van der Waals surface area (Å²) in [4.78, 5) is 18.0. The summed E-state index contributed by atoms with van der Waals surface area (Å²) in [6.45, 7) is 9.39. The van der Waals surface area contributed by atoms with Gasteiger partial charge in [-0.25, -0.2) is 4.68 Å². The second-order valence-corrected chi connectivity index (χ2v) is 9.80. The molecule has 2 aliphatic rings. The van der Waals surface area contributed by atoms with Crippen molar-refractivity contribution < 1.29 is 4.79 Å². The summed E-state index contributed by atoms with van der Waals surface area (Å²) in [5, 5.41) is 4.67. The summed E-state index contributed by atoms with van der Waals surface area (Å²) >= 11 is 3.48. The zero-order chi connectivity index (χ0) is 21.1. The van der Waals surface area contributed by atoms with Crippen LogP contribution in [0.4, 0.5) is 0 Å². The molecular formula is C24H33BrN4O.